The number of thiazole rings is 1. The van der Waals surface area contributed by atoms with Gasteiger partial charge in [-0.15, -0.1) is 11.3 Å². The SMILES string of the molecule is OCCN(CCO)CCO.S=c1[nH]c2ccccc2s1.[Na+]. The van der Waals surface area contributed by atoms with Gasteiger partial charge in [0.2, 0.25) is 0 Å². The minimum absolute atomic E-state index is 0. The number of rotatable bonds is 6. The molecule has 21 heavy (non-hydrogen) atoms. The summed E-state index contributed by atoms with van der Waals surface area (Å²) in [6, 6.07) is 8.11. The molecule has 0 atom stereocenters. The summed E-state index contributed by atoms with van der Waals surface area (Å²) in [5, 5.41) is 25.5. The van der Waals surface area contributed by atoms with Crippen LogP contribution in [-0.2, 0) is 0 Å². The fourth-order valence-corrected chi connectivity index (χ4v) is 2.77. The zero-order valence-electron chi connectivity index (χ0n) is 12.2. The van der Waals surface area contributed by atoms with Gasteiger partial charge in [-0.2, -0.15) is 0 Å². The molecule has 0 amide bonds. The number of nitrogens with one attached hydrogen (secondary N) is 1. The first-order chi connectivity index (χ1) is 9.71. The van der Waals surface area contributed by atoms with Crippen molar-refractivity contribution in [3.8, 4) is 0 Å². The van der Waals surface area contributed by atoms with Gasteiger partial charge in [-0.05, 0) is 24.4 Å². The molecule has 0 bridgehead atoms. The monoisotopic (exact) mass is 339 g/mol. The van der Waals surface area contributed by atoms with Crippen molar-refractivity contribution in [3.63, 3.8) is 0 Å². The number of para-hydroxylation sites is 1. The quantitative estimate of drug-likeness (QED) is 0.370. The molecule has 0 saturated carbocycles. The van der Waals surface area contributed by atoms with Gasteiger partial charge in [0.1, 0.15) is 0 Å². The summed E-state index contributed by atoms with van der Waals surface area (Å²) in [4.78, 5) is 4.88. The second-order valence-electron chi connectivity index (χ2n) is 4.02. The van der Waals surface area contributed by atoms with Gasteiger partial charge in [-0.25, -0.2) is 0 Å². The van der Waals surface area contributed by atoms with E-state index in [1.807, 2.05) is 18.2 Å². The molecule has 0 aliphatic carbocycles. The van der Waals surface area contributed by atoms with E-state index in [1.165, 1.54) is 4.70 Å². The maximum Gasteiger partial charge on any atom is 1.00 e. The third-order valence-corrected chi connectivity index (χ3v) is 3.79. The van der Waals surface area contributed by atoms with Crippen LogP contribution in [0.25, 0.3) is 10.2 Å². The Hall–Kier alpha value is 0.170. The van der Waals surface area contributed by atoms with Gasteiger partial charge in [0.05, 0.1) is 30.0 Å². The zero-order valence-corrected chi connectivity index (χ0v) is 15.8. The summed E-state index contributed by atoms with van der Waals surface area (Å²) >= 11 is 6.59. The topological polar surface area (TPSA) is 79.7 Å². The van der Waals surface area contributed by atoms with E-state index in [0.717, 1.165) is 9.47 Å². The summed E-state index contributed by atoms with van der Waals surface area (Å²) in [7, 11) is 0. The molecule has 4 N–H and O–H groups in total. The van der Waals surface area contributed by atoms with Crippen molar-refractivity contribution in [2.24, 2.45) is 0 Å². The van der Waals surface area contributed by atoms with E-state index < -0.39 is 0 Å². The molecule has 1 aromatic carbocycles. The molecular formula is C13H20N2NaO3S2+. The molecule has 0 saturated heterocycles. The van der Waals surface area contributed by atoms with Crippen molar-refractivity contribution in [2.75, 3.05) is 39.5 Å². The zero-order chi connectivity index (χ0) is 14.8. The number of H-pyrrole nitrogens is 1. The Balaban J connectivity index is 0.000000364. The van der Waals surface area contributed by atoms with Crippen LogP contribution in [0.2, 0.25) is 0 Å². The largest absolute Gasteiger partial charge is 1.00 e. The summed E-state index contributed by atoms with van der Waals surface area (Å²) in [5.41, 5.74) is 1.14. The van der Waals surface area contributed by atoms with Gasteiger partial charge < -0.3 is 20.3 Å². The Morgan fingerprint density at radius 1 is 1.00 bits per heavy atom. The van der Waals surface area contributed by atoms with Crippen molar-refractivity contribution in [1.29, 1.82) is 0 Å². The molecule has 0 aliphatic rings. The maximum atomic E-state index is 8.48. The average Bonchev–Trinajstić information content (AvgIpc) is 2.80. The normalized spacial score (nSPS) is 10.1. The molecule has 1 heterocycles. The smallest absolute Gasteiger partial charge is 0.395 e. The molecular weight excluding hydrogens is 319 g/mol. The molecule has 0 spiro atoms. The molecule has 0 fully saturated rings. The number of aliphatic hydroxyl groups excluding tert-OH is 3. The van der Waals surface area contributed by atoms with E-state index in [9.17, 15) is 0 Å². The van der Waals surface area contributed by atoms with Gasteiger partial charge in [-0.3, -0.25) is 4.90 Å². The van der Waals surface area contributed by atoms with Crippen LogP contribution in [0.15, 0.2) is 24.3 Å². The van der Waals surface area contributed by atoms with Crippen LogP contribution in [0.1, 0.15) is 0 Å². The standard InChI is InChI=1S/C7H5NS2.C6H15NO3.Na/c9-7-8-5-3-1-2-4-6(5)10-7;8-4-1-7(2-5-9)3-6-10;/h1-4H,(H,8,9);8-10H,1-6H2;/q;;+1. The van der Waals surface area contributed by atoms with Gasteiger partial charge in [0.15, 0.2) is 3.95 Å². The summed E-state index contributed by atoms with van der Waals surface area (Å²) in [6.45, 7) is 1.75. The molecule has 1 aromatic heterocycles. The number of aliphatic hydroxyl groups is 3. The van der Waals surface area contributed by atoms with Crippen molar-refractivity contribution in [2.45, 2.75) is 0 Å². The molecule has 8 heteroatoms. The van der Waals surface area contributed by atoms with Crippen LogP contribution < -0.4 is 29.6 Å². The van der Waals surface area contributed by atoms with E-state index in [1.54, 1.807) is 16.2 Å². The fourth-order valence-electron chi connectivity index (χ4n) is 1.65. The second-order valence-corrected chi connectivity index (χ2v) is 5.74. The van der Waals surface area contributed by atoms with Gasteiger partial charge in [0.25, 0.3) is 0 Å². The predicted octanol–water partition coefficient (Wildman–Crippen LogP) is -1.77. The van der Waals surface area contributed by atoms with E-state index in [0.29, 0.717) is 19.6 Å². The molecule has 0 aliphatic heterocycles. The predicted molar refractivity (Wildman–Crippen MR) is 84.7 cm³/mol. The molecule has 0 radical (unpaired) electrons. The molecule has 2 rings (SSSR count). The molecule has 2 aromatic rings. The van der Waals surface area contributed by atoms with Crippen LogP contribution in [0.4, 0.5) is 0 Å². The Morgan fingerprint density at radius 2 is 1.52 bits per heavy atom. The van der Waals surface area contributed by atoms with Crippen LogP contribution in [-0.4, -0.2) is 64.7 Å². The van der Waals surface area contributed by atoms with Crippen LogP contribution in [0, 0.1) is 3.95 Å². The van der Waals surface area contributed by atoms with E-state index in [2.05, 4.69) is 11.1 Å². The molecule has 0 unspecified atom stereocenters. The van der Waals surface area contributed by atoms with Crippen molar-refractivity contribution in [1.82, 2.24) is 9.88 Å². The third-order valence-electron chi connectivity index (χ3n) is 2.58. The van der Waals surface area contributed by atoms with Crippen molar-refractivity contribution in [3.05, 3.63) is 28.2 Å². The number of hydrogen-bond donors (Lipinski definition) is 4. The Morgan fingerprint density at radius 3 is 2.00 bits per heavy atom. The second kappa shape index (κ2) is 12.7. The summed E-state index contributed by atoms with van der Waals surface area (Å²) in [5.74, 6) is 0. The minimum atomic E-state index is 0. The number of benzene rings is 1. The first-order valence-corrected chi connectivity index (χ1v) is 7.56. The average molecular weight is 339 g/mol. The van der Waals surface area contributed by atoms with E-state index >= 15 is 0 Å². The molecule has 112 valence electrons. The number of fused-ring (bicyclic) bond motifs is 1. The van der Waals surface area contributed by atoms with Crippen LogP contribution >= 0.6 is 23.6 Å². The van der Waals surface area contributed by atoms with E-state index in [4.69, 9.17) is 27.5 Å². The first-order valence-electron chi connectivity index (χ1n) is 6.34. The number of hydrogen-bond acceptors (Lipinski definition) is 6. The number of nitrogens with zero attached hydrogens (tertiary/aromatic N) is 1. The van der Waals surface area contributed by atoms with Crippen molar-refractivity contribution >= 4 is 33.8 Å². The van der Waals surface area contributed by atoms with Gasteiger partial charge in [0, 0.05) is 19.6 Å². The molecule has 5 nitrogen and oxygen atoms in total. The van der Waals surface area contributed by atoms with E-state index in [-0.39, 0.29) is 49.4 Å². The van der Waals surface area contributed by atoms with Crippen LogP contribution in [0.5, 0.6) is 0 Å². The van der Waals surface area contributed by atoms with Crippen LogP contribution in [0.3, 0.4) is 0 Å². The number of aromatic nitrogens is 1. The van der Waals surface area contributed by atoms with Gasteiger partial charge in [-0.1, -0.05) is 12.1 Å². The Bertz CT molecular complexity index is 497. The minimum Gasteiger partial charge on any atom is -0.395 e. The maximum absolute atomic E-state index is 8.48. The number of aromatic amines is 1. The summed E-state index contributed by atoms with van der Waals surface area (Å²) < 4.78 is 2.08. The fraction of sp³-hybridized carbons (Fsp3) is 0.462. The summed E-state index contributed by atoms with van der Waals surface area (Å²) in [6.07, 6.45) is 0. The first kappa shape index (κ1) is 21.2. The van der Waals surface area contributed by atoms with Gasteiger partial charge >= 0.3 is 29.6 Å². The Labute approximate surface area is 155 Å². The van der Waals surface area contributed by atoms with Crippen molar-refractivity contribution < 1.29 is 44.9 Å². The Kier molecular flexibility index (Phi) is 12.8. The third kappa shape index (κ3) is 8.39.